The number of ether oxygens (including phenoxy) is 3. The smallest absolute Gasteiger partial charge is 0.416 e. The maximum Gasteiger partial charge on any atom is 0.416 e. The van der Waals surface area contributed by atoms with E-state index in [2.05, 4.69) is 25.6 Å². The monoisotopic (exact) mass is 1150 g/mol. The van der Waals surface area contributed by atoms with Crippen molar-refractivity contribution in [3.8, 4) is 0 Å². The highest BCUT2D eigenvalue weighted by molar-refractivity contribution is 5.88. The number of hydrogen-bond acceptors (Lipinski definition) is 12. The minimum absolute atomic E-state index is 0.0281. The molecule has 438 valence electrons. The van der Waals surface area contributed by atoms with Crippen LogP contribution in [0, 0.1) is 23.3 Å². The number of anilines is 3. The first-order valence-electron chi connectivity index (χ1n) is 27.0. The van der Waals surface area contributed by atoms with E-state index in [0.29, 0.717) is 60.6 Å². The van der Waals surface area contributed by atoms with Crippen LogP contribution >= 0.6 is 0 Å². The second-order valence-corrected chi connectivity index (χ2v) is 21.1. The van der Waals surface area contributed by atoms with E-state index >= 15 is 17.6 Å². The number of aromatic nitrogens is 4. The fourth-order valence-electron chi connectivity index (χ4n) is 12.1. The predicted octanol–water partition coefficient (Wildman–Crippen LogP) is 9.18. The standard InChI is InChI=1S/C56H62F7N11O8/c1-28(80-3)47(68-54(77)78)52(75)72-16-6-8-45(72)50-64-39-24-33(35(57)26-41(39)66-50)43-14-15-44(74(43)32-22-37(59)49(38(60)23-32)71-20-18-70(19-21-71)31-12-10-30(11-13-31)56(61,62)63)34-25-40-42(27-36(34)58)67-51(65-40)46-9-7-17-73(46)53(76)48(29(2)81-4)69-55(79)82-5/h10-13,22-29,43-48,68H,6-9,14-21H2,1-5H3,(H,64,66)(H,65,67)(H,69,79)(H,77,78)/t28-,29-,43-,44-,45+,46+,47+,48+/m1/s1. The summed E-state index contributed by atoms with van der Waals surface area (Å²) >= 11 is 0. The van der Waals surface area contributed by atoms with Gasteiger partial charge in [0, 0.05) is 88.1 Å². The van der Waals surface area contributed by atoms with E-state index in [1.807, 2.05) is 4.90 Å². The number of rotatable bonds is 15. The fraction of sp³-hybridized carbons (Fsp3) is 0.464. The Morgan fingerprint density at radius 3 is 1.51 bits per heavy atom. The number of carbonyl (C=O) groups excluding carboxylic acids is 3. The van der Waals surface area contributed by atoms with Crippen LogP contribution in [0.15, 0.2) is 60.7 Å². The van der Waals surface area contributed by atoms with Gasteiger partial charge in [-0.1, -0.05) is 0 Å². The quantitative estimate of drug-likeness (QED) is 0.0608. The molecule has 26 heteroatoms. The Balaban J connectivity index is 0.988. The molecule has 4 aliphatic rings. The van der Waals surface area contributed by atoms with Gasteiger partial charge in [-0.05, 0) is 101 Å². The van der Waals surface area contributed by atoms with Crippen molar-refractivity contribution in [1.29, 1.82) is 0 Å². The summed E-state index contributed by atoms with van der Waals surface area (Å²) in [6, 6.07) is 6.93. The molecular weight excluding hydrogens is 1090 g/mol. The summed E-state index contributed by atoms with van der Waals surface area (Å²) < 4.78 is 123. The number of nitrogens with zero attached hydrogens (tertiary/aromatic N) is 7. The first kappa shape index (κ1) is 57.4. The van der Waals surface area contributed by atoms with Gasteiger partial charge in [-0.25, -0.2) is 37.1 Å². The zero-order chi connectivity index (χ0) is 58.5. The third-order valence-corrected chi connectivity index (χ3v) is 16.5. The van der Waals surface area contributed by atoms with Crippen LogP contribution in [0.2, 0.25) is 0 Å². The maximum atomic E-state index is 17.0. The Hall–Kier alpha value is -7.87. The van der Waals surface area contributed by atoms with Crippen LogP contribution in [-0.2, 0) is 30.0 Å². The molecule has 0 unspecified atom stereocenters. The lowest BCUT2D eigenvalue weighted by Crippen LogP contribution is -2.54. The number of carbonyl (C=O) groups is 4. The van der Waals surface area contributed by atoms with Crippen molar-refractivity contribution in [3.05, 3.63) is 112 Å². The third kappa shape index (κ3) is 11.1. The zero-order valence-electron chi connectivity index (χ0n) is 45.5. The summed E-state index contributed by atoms with van der Waals surface area (Å²) in [5.74, 6) is -3.67. The van der Waals surface area contributed by atoms with Gasteiger partial charge in [0.05, 0.1) is 71.1 Å². The Morgan fingerprint density at radius 1 is 0.610 bits per heavy atom. The van der Waals surface area contributed by atoms with Gasteiger partial charge in [0.15, 0.2) is 11.6 Å². The van der Waals surface area contributed by atoms with Gasteiger partial charge in [0.25, 0.3) is 0 Å². The van der Waals surface area contributed by atoms with Crippen molar-refractivity contribution in [1.82, 2.24) is 40.4 Å². The molecule has 6 heterocycles. The molecule has 0 saturated carbocycles. The lowest BCUT2D eigenvalue weighted by atomic mass is 10.0. The van der Waals surface area contributed by atoms with Crippen molar-refractivity contribution in [2.75, 3.05) is 75.3 Å². The van der Waals surface area contributed by atoms with Crippen molar-refractivity contribution in [3.63, 3.8) is 0 Å². The second kappa shape index (κ2) is 23.2. The molecule has 8 atom stereocenters. The number of H-pyrrole nitrogens is 2. The Labute approximate surface area is 466 Å². The zero-order valence-corrected chi connectivity index (χ0v) is 45.5. The number of carboxylic acid groups (broad SMARTS) is 1. The van der Waals surface area contributed by atoms with Crippen LogP contribution in [-0.4, -0.2) is 144 Å². The normalized spacial score (nSPS) is 21.1. The molecule has 2 aromatic heterocycles. The largest absolute Gasteiger partial charge is 0.465 e. The highest BCUT2D eigenvalue weighted by Crippen LogP contribution is 2.50. The number of aromatic amines is 2. The summed E-state index contributed by atoms with van der Waals surface area (Å²) in [5.41, 5.74) is 0.704. The van der Waals surface area contributed by atoms with Gasteiger partial charge in [-0.2, -0.15) is 13.2 Å². The fourth-order valence-corrected chi connectivity index (χ4v) is 12.1. The number of benzene rings is 4. The number of imidazole rings is 2. The number of alkyl carbamates (subject to hydrolysis) is 1. The first-order valence-corrected chi connectivity index (χ1v) is 27.0. The van der Waals surface area contributed by atoms with Crippen LogP contribution in [0.5, 0.6) is 0 Å². The number of likely N-dealkylation sites (tertiary alicyclic amines) is 2. The van der Waals surface area contributed by atoms with Gasteiger partial charge in [0.1, 0.15) is 41.1 Å². The molecule has 0 spiro atoms. The molecule has 6 aromatic rings. The summed E-state index contributed by atoms with van der Waals surface area (Å²) in [4.78, 5) is 75.8. The van der Waals surface area contributed by atoms with E-state index in [1.54, 1.807) is 29.7 Å². The van der Waals surface area contributed by atoms with Crippen molar-refractivity contribution >= 4 is 63.1 Å². The van der Waals surface area contributed by atoms with Crippen molar-refractivity contribution < 1.29 is 69.2 Å². The Bertz CT molecular complexity index is 3350. The molecule has 4 aromatic carbocycles. The number of methoxy groups -OCH3 is 3. The number of amides is 4. The van der Waals surface area contributed by atoms with Crippen molar-refractivity contribution in [2.24, 2.45) is 0 Å². The lowest BCUT2D eigenvalue weighted by Gasteiger charge is -2.38. The SMILES string of the molecule is COC(=O)N[C@H](C(=O)N1CCC[C@H]1c1nc2cc(F)c([C@H]3CC[C@H](c4cc5[nH]c([C@@H]6CCCN6C(=O)[C@@H](NC(=O)O)[C@@H](C)OC)nc5cc4F)N3c3cc(F)c(N4CCN(c5ccc(C(F)(F)F)cc5)CC4)c(F)c3)cc2[nH]1)[C@@H](C)OC. The Morgan fingerprint density at radius 2 is 1.07 bits per heavy atom. The molecule has 4 aliphatic heterocycles. The molecular formula is C56H62F7N11O8. The van der Waals surface area contributed by atoms with E-state index in [1.165, 1.54) is 61.5 Å². The van der Waals surface area contributed by atoms with Gasteiger partial charge >= 0.3 is 18.4 Å². The van der Waals surface area contributed by atoms with Gasteiger partial charge < -0.3 is 64.4 Å². The second-order valence-electron chi connectivity index (χ2n) is 21.1. The van der Waals surface area contributed by atoms with Crippen LogP contribution in [0.1, 0.15) is 105 Å². The highest BCUT2D eigenvalue weighted by atomic mass is 19.4. The number of alkyl halides is 3. The molecule has 4 amide bonds. The lowest BCUT2D eigenvalue weighted by molar-refractivity contribution is -0.138. The number of halogens is 7. The van der Waals surface area contributed by atoms with Crippen LogP contribution < -0.4 is 25.3 Å². The Kier molecular flexibility index (Phi) is 16.2. The number of nitrogens with one attached hydrogen (secondary N) is 4. The molecule has 10 rings (SSSR count). The van der Waals surface area contributed by atoms with Crippen LogP contribution in [0.3, 0.4) is 0 Å². The van der Waals surface area contributed by atoms with Crippen LogP contribution in [0.4, 0.5) is 57.4 Å². The van der Waals surface area contributed by atoms with E-state index in [9.17, 15) is 37.5 Å². The molecule has 0 bridgehead atoms. The number of fused-ring (bicyclic) bond motifs is 2. The maximum absolute atomic E-state index is 17.0. The van der Waals surface area contributed by atoms with Gasteiger partial charge in [-0.15, -0.1) is 0 Å². The third-order valence-electron chi connectivity index (χ3n) is 16.5. The average molecular weight is 1150 g/mol. The minimum atomic E-state index is -4.52. The summed E-state index contributed by atoms with van der Waals surface area (Å²) in [6.07, 6.45) is -5.90. The van der Waals surface area contributed by atoms with E-state index in [-0.39, 0.29) is 79.1 Å². The van der Waals surface area contributed by atoms with Gasteiger partial charge in [0.2, 0.25) is 11.8 Å². The molecule has 5 N–H and O–H groups in total. The highest BCUT2D eigenvalue weighted by Gasteiger charge is 2.43. The summed E-state index contributed by atoms with van der Waals surface area (Å²) in [5, 5.41) is 14.3. The molecule has 82 heavy (non-hydrogen) atoms. The van der Waals surface area contributed by atoms with E-state index in [0.717, 1.165) is 24.3 Å². The predicted molar refractivity (Wildman–Crippen MR) is 286 cm³/mol. The molecule has 0 radical (unpaired) electrons. The summed E-state index contributed by atoms with van der Waals surface area (Å²) in [6.45, 7) is 4.48. The van der Waals surface area contributed by atoms with Gasteiger partial charge in [-0.3, -0.25) is 9.59 Å². The number of hydrogen-bond donors (Lipinski definition) is 5. The number of piperazine rings is 1. The molecule has 4 fully saturated rings. The molecule has 4 saturated heterocycles. The van der Waals surface area contributed by atoms with E-state index < -0.39 is 107 Å². The van der Waals surface area contributed by atoms with Crippen LogP contribution in [0.25, 0.3) is 22.1 Å². The topological polar surface area (TPSA) is 214 Å². The molecule has 19 nitrogen and oxygen atoms in total. The first-order chi connectivity index (χ1) is 39.2. The summed E-state index contributed by atoms with van der Waals surface area (Å²) in [7, 11) is 3.93. The minimum Gasteiger partial charge on any atom is -0.465 e. The van der Waals surface area contributed by atoms with Crippen molar-refractivity contribution in [2.45, 2.75) is 107 Å². The molecule has 0 aliphatic carbocycles. The van der Waals surface area contributed by atoms with E-state index in [4.69, 9.17) is 19.2 Å². The average Bonchev–Trinajstić information content (AvgIpc) is 4.50.